The molecule has 3 rings (SSSR count). The van der Waals surface area contributed by atoms with Gasteiger partial charge < -0.3 is 23.7 Å². The topological polar surface area (TPSA) is 87.1 Å². The van der Waals surface area contributed by atoms with Crippen molar-refractivity contribution >= 4 is 28.9 Å². The molecule has 0 spiro atoms. The van der Waals surface area contributed by atoms with E-state index < -0.39 is 18.0 Å². The van der Waals surface area contributed by atoms with Crippen molar-refractivity contribution in [2.24, 2.45) is 0 Å². The van der Waals surface area contributed by atoms with Gasteiger partial charge in [-0.15, -0.1) is 0 Å². The second-order valence-corrected chi connectivity index (χ2v) is 6.53. The number of aromatic nitrogens is 1. The smallest absolute Gasteiger partial charge is 0.409 e. The number of methoxy groups -OCH3 is 2. The lowest BCUT2D eigenvalue weighted by Gasteiger charge is -2.14. The van der Waals surface area contributed by atoms with E-state index in [-0.39, 0.29) is 6.54 Å². The summed E-state index contributed by atoms with van der Waals surface area (Å²) in [6.45, 7) is 1.64. The van der Waals surface area contributed by atoms with Crippen molar-refractivity contribution in [1.82, 2.24) is 9.47 Å². The molecular weight excluding hydrogens is 352 g/mol. The van der Waals surface area contributed by atoms with Gasteiger partial charge in [0.2, 0.25) is 0 Å². The van der Waals surface area contributed by atoms with E-state index in [0.29, 0.717) is 22.7 Å². The zero-order valence-corrected chi connectivity index (χ0v) is 15.8. The minimum atomic E-state index is -0.632. The van der Waals surface area contributed by atoms with Crippen LogP contribution in [0.3, 0.4) is 0 Å². The zero-order valence-electron chi connectivity index (χ0n) is 15.8. The normalized spacial score (nSPS) is 13.3. The molecule has 1 amide bonds. The van der Waals surface area contributed by atoms with Gasteiger partial charge in [-0.2, -0.15) is 0 Å². The Bertz CT molecular complexity index is 913. The Labute approximate surface area is 156 Å². The number of benzene rings is 1. The number of carbonyl (C=O) groups excluding carboxylic acids is 3. The quantitative estimate of drug-likeness (QED) is 0.591. The van der Waals surface area contributed by atoms with Crippen LogP contribution in [0.15, 0.2) is 18.2 Å². The van der Waals surface area contributed by atoms with E-state index in [9.17, 15) is 14.4 Å². The molecule has 0 atom stereocenters. The summed E-state index contributed by atoms with van der Waals surface area (Å²) in [4.78, 5) is 36.9. The molecule has 144 valence electrons. The molecule has 0 bridgehead atoms. The maximum Gasteiger partial charge on any atom is 0.409 e. The van der Waals surface area contributed by atoms with Gasteiger partial charge in [-0.05, 0) is 38.0 Å². The van der Waals surface area contributed by atoms with Crippen LogP contribution in [0.1, 0.15) is 34.9 Å². The number of nitrogens with zero attached hydrogens (tertiary/aromatic N) is 2. The fraction of sp³-hybridized carbons (Fsp3) is 0.421. The summed E-state index contributed by atoms with van der Waals surface area (Å²) in [6.07, 6.45) is 1.51. The Kier molecular flexibility index (Phi) is 5.07. The van der Waals surface area contributed by atoms with Crippen LogP contribution in [-0.4, -0.2) is 55.3 Å². The van der Waals surface area contributed by atoms with Gasteiger partial charge in [0.25, 0.3) is 0 Å². The first-order valence-electron chi connectivity index (χ1n) is 8.60. The first-order chi connectivity index (χ1) is 12.9. The van der Waals surface area contributed by atoms with Crippen molar-refractivity contribution in [3.63, 3.8) is 0 Å². The zero-order chi connectivity index (χ0) is 19.7. The predicted molar refractivity (Wildman–Crippen MR) is 97.0 cm³/mol. The van der Waals surface area contributed by atoms with Crippen LogP contribution in [0.5, 0.6) is 5.75 Å². The highest BCUT2D eigenvalue weighted by molar-refractivity contribution is 6.06. The van der Waals surface area contributed by atoms with Gasteiger partial charge >= 0.3 is 18.0 Å². The van der Waals surface area contributed by atoms with Gasteiger partial charge in [0.05, 0.1) is 19.8 Å². The Morgan fingerprint density at radius 2 is 1.89 bits per heavy atom. The minimum Gasteiger partial charge on any atom is -0.465 e. The number of carbonyl (C=O) groups is 3. The summed E-state index contributed by atoms with van der Waals surface area (Å²) in [5, 5.41) is 0.679. The van der Waals surface area contributed by atoms with Gasteiger partial charge in [-0.3, -0.25) is 0 Å². The standard InChI is InChI=1S/C19H22N2O6/c1-11-17(18(23)25-3)14-9-13(7-8-15(14)21(11)12-5-6-12)27-16(22)10-20(2)19(24)26-4/h7-9,12H,5-6,10H2,1-4H3. The second-order valence-electron chi connectivity index (χ2n) is 6.53. The molecule has 1 aliphatic rings. The van der Waals surface area contributed by atoms with Crippen molar-refractivity contribution in [1.29, 1.82) is 0 Å². The Morgan fingerprint density at radius 3 is 2.48 bits per heavy atom. The second kappa shape index (κ2) is 7.30. The molecule has 1 aromatic heterocycles. The molecule has 0 N–H and O–H groups in total. The largest absolute Gasteiger partial charge is 0.465 e. The SMILES string of the molecule is COC(=O)c1c(C)n(C2CC2)c2ccc(OC(=O)CN(C)C(=O)OC)cc12. The highest BCUT2D eigenvalue weighted by atomic mass is 16.6. The molecule has 0 aliphatic heterocycles. The maximum atomic E-state index is 12.3. The molecule has 27 heavy (non-hydrogen) atoms. The van der Waals surface area contributed by atoms with Crippen LogP contribution < -0.4 is 4.74 Å². The average Bonchev–Trinajstić information content (AvgIpc) is 3.43. The van der Waals surface area contributed by atoms with E-state index in [1.165, 1.54) is 21.3 Å². The molecule has 1 fully saturated rings. The number of ether oxygens (including phenoxy) is 3. The summed E-state index contributed by atoms with van der Waals surface area (Å²) in [7, 11) is 4.01. The Hall–Kier alpha value is -3.03. The van der Waals surface area contributed by atoms with E-state index in [4.69, 9.17) is 9.47 Å². The van der Waals surface area contributed by atoms with Crippen LogP contribution in [-0.2, 0) is 14.3 Å². The monoisotopic (exact) mass is 374 g/mol. The van der Waals surface area contributed by atoms with E-state index in [2.05, 4.69) is 9.30 Å². The fourth-order valence-electron chi connectivity index (χ4n) is 3.23. The number of esters is 2. The van der Waals surface area contributed by atoms with Crippen molar-refractivity contribution in [2.75, 3.05) is 27.8 Å². The van der Waals surface area contributed by atoms with Crippen LogP contribution in [0.25, 0.3) is 10.9 Å². The number of hydrogen-bond acceptors (Lipinski definition) is 6. The number of likely N-dealkylation sites (N-methyl/N-ethyl adjacent to an activating group) is 1. The summed E-state index contributed by atoms with van der Waals surface area (Å²) in [6, 6.07) is 5.55. The number of hydrogen-bond donors (Lipinski definition) is 0. The molecule has 8 nitrogen and oxygen atoms in total. The molecule has 0 radical (unpaired) electrons. The third-order valence-corrected chi connectivity index (χ3v) is 4.61. The lowest BCUT2D eigenvalue weighted by atomic mass is 10.1. The molecule has 1 heterocycles. The molecule has 1 aliphatic carbocycles. The minimum absolute atomic E-state index is 0.253. The third kappa shape index (κ3) is 3.60. The Morgan fingerprint density at radius 1 is 1.19 bits per heavy atom. The Balaban J connectivity index is 1.91. The lowest BCUT2D eigenvalue weighted by molar-refractivity contribution is -0.135. The van der Waals surface area contributed by atoms with Crippen molar-refractivity contribution < 1.29 is 28.6 Å². The van der Waals surface area contributed by atoms with Gasteiger partial charge in [-0.25, -0.2) is 14.4 Å². The van der Waals surface area contributed by atoms with E-state index in [1.54, 1.807) is 12.1 Å². The molecule has 0 unspecified atom stereocenters. The summed E-state index contributed by atoms with van der Waals surface area (Å²) < 4.78 is 16.9. The first kappa shape index (κ1) is 18.8. The molecule has 1 aromatic carbocycles. The number of fused-ring (bicyclic) bond motifs is 1. The van der Waals surface area contributed by atoms with Crippen molar-refractivity contribution in [2.45, 2.75) is 25.8 Å². The highest BCUT2D eigenvalue weighted by Gasteiger charge is 2.30. The lowest BCUT2D eigenvalue weighted by Crippen LogP contribution is -2.33. The van der Waals surface area contributed by atoms with Crippen LogP contribution in [0.2, 0.25) is 0 Å². The number of rotatable bonds is 5. The molecule has 2 aromatic rings. The molecule has 8 heteroatoms. The summed E-state index contributed by atoms with van der Waals surface area (Å²) >= 11 is 0. The predicted octanol–water partition coefficient (Wildman–Crippen LogP) is 2.67. The van der Waals surface area contributed by atoms with E-state index in [1.807, 2.05) is 13.0 Å². The van der Waals surface area contributed by atoms with Crippen molar-refractivity contribution in [3.8, 4) is 5.75 Å². The third-order valence-electron chi connectivity index (χ3n) is 4.61. The van der Waals surface area contributed by atoms with E-state index in [0.717, 1.165) is 29.0 Å². The average molecular weight is 374 g/mol. The number of amides is 1. The van der Waals surface area contributed by atoms with Gasteiger partial charge in [0.1, 0.15) is 12.3 Å². The van der Waals surface area contributed by atoms with Crippen LogP contribution >= 0.6 is 0 Å². The summed E-state index contributed by atoms with van der Waals surface area (Å²) in [5.74, 6) is -0.741. The van der Waals surface area contributed by atoms with Crippen molar-refractivity contribution in [3.05, 3.63) is 29.5 Å². The van der Waals surface area contributed by atoms with Crippen LogP contribution in [0.4, 0.5) is 4.79 Å². The highest BCUT2D eigenvalue weighted by Crippen LogP contribution is 2.42. The molecule has 1 saturated carbocycles. The first-order valence-corrected chi connectivity index (χ1v) is 8.60. The van der Waals surface area contributed by atoms with Gasteiger partial charge in [0, 0.05) is 29.7 Å². The maximum absolute atomic E-state index is 12.3. The molecular formula is C19H22N2O6. The van der Waals surface area contributed by atoms with Gasteiger partial charge in [0.15, 0.2) is 0 Å². The van der Waals surface area contributed by atoms with E-state index >= 15 is 0 Å². The molecule has 0 saturated heterocycles. The van der Waals surface area contributed by atoms with Gasteiger partial charge in [-0.1, -0.05) is 0 Å². The summed E-state index contributed by atoms with van der Waals surface area (Å²) in [5.41, 5.74) is 2.22. The van der Waals surface area contributed by atoms with Crippen LogP contribution in [0, 0.1) is 6.92 Å². The fourth-order valence-corrected chi connectivity index (χ4v) is 3.23.